The van der Waals surface area contributed by atoms with E-state index in [2.05, 4.69) is 0 Å². The molecule has 68 valence electrons. The lowest BCUT2D eigenvalue weighted by Gasteiger charge is -2.28. The molecular weight excluding hydrogens is 152 g/mol. The molecule has 2 rings (SSSR count). The predicted octanol–water partition coefficient (Wildman–Crippen LogP) is 2.29. The van der Waals surface area contributed by atoms with Gasteiger partial charge < -0.3 is 5.11 Å². The molecule has 0 saturated heterocycles. The Morgan fingerprint density at radius 1 is 1.17 bits per heavy atom. The summed E-state index contributed by atoms with van der Waals surface area (Å²) in [6.45, 7) is 0. The number of rotatable bonds is 2. The number of hydrogen-bond donors (Lipinski definition) is 1. The summed E-state index contributed by atoms with van der Waals surface area (Å²) < 4.78 is 0. The zero-order valence-corrected chi connectivity index (χ0v) is 7.33. The summed E-state index contributed by atoms with van der Waals surface area (Å²) in [6, 6.07) is 0. The molecular formula is C10H16O2. The Morgan fingerprint density at radius 2 is 1.75 bits per heavy atom. The van der Waals surface area contributed by atoms with Gasteiger partial charge in [-0.3, -0.25) is 4.79 Å². The Morgan fingerprint density at radius 3 is 2.25 bits per heavy atom. The molecule has 0 spiro atoms. The summed E-state index contributed by atoms with van der Waals surface area (Å²) in [5.41, 5.74) is 0. The predicted molar refractivity (Wildman–Crippen MR) is 45.8 cm³/mol. The molecule has 2 heteroatoms. The fraction of sp³-hybridized carbons (Fsp3) is 0.900. The molecule has 2 unspecified atom stereocenters. The summed E-state index contributed by atoms with van der Waals surface area (Å²) in [5, 5.41) is 8.73. The molecule has 2 fully saturated rings. The summed E-state index contributed by atoms with van der Waals surface area (Å²) >= 11 is 0. The summed E-state index contributed by atoms with van der Waals surface area (Å²) in [7, 11) is 0. The zero-order valence-electron chi connectivity index (χ0n) is 7.33. The van der Waals surface area contributed by atoms with Gasteiger partial charge in [-0.05, 0) is 30.6 Å². The van der Waals surface area contributed by atoms with Crippen molar-refractivity contribution in [1.82, 2.24) is 0 Å². The van der Waals surface area contributed by atoms with Crippen LogP contribution in [0.3, 0.4) is 0 Å². The SMILES string of the molecule is O=C(O)CC1C2CCCC1CC2. The maximum atomic E-state index is 10.6. The standard InChI is InChI=1S/C10H16O2/c11-10(12)6-9-7-2-1-3-8(9)5-4-7/h7-9H,1-6H2,(H,11,12). The number of carbonyl (C=O) groups is 1. The van der Waals surface area contributed by atoms with Crippen LogP contribution in [0.15, 0.2) is 0 Å². The van der Waals surface area contributed by atoms with Crippen molar-refractivity contribution in [3.63, 3.8) is 0 Å². The number of carboxylic acids is 1. The van der Waals surface area contributed by atoms with Gasteiger partial charge in [0, 0.05) is 6.42 Å². The molecule has 0 heterocycles. The second-order valence-electron chi connectivity index (χ2n) is 4.29. The van der Waals surface area contributed by atoms with Crippen molar-refractivity contribution in [2.24, 2.45) is 17.8 Å². The first-order chi connectivity index (χ1) is 5.77. The quantitative estimate of drug-likeness (QED) is 0.686. The second kappa shape index (κ2) is 3.08. The van der Waals surface area contributed by atoms with Gasteiger partial charge in [0.15, 0.2) is 0 Å². The van der Waals surface area contributed by atoms with Crippen LogP contribution >= 0.6 is 0 Å². The molecule has 12 heavy (non-hydrogen) atoms. The van der Waals surface area contributed by atoms with E-state index in [9.17, 15) is 4.79 Å². The van der Waals surface area contributed by atoms with Crippen LogP contribution in [0.25, 0.3) is 0 Å². The zero-order chi connectivity index (χ0) is 8.55. The van der Waals surface area contributed by atoms with Crippen molar-refractivity contribution >= 4 is 5.97 Å². The van der Waals surface area contributed by atoms with Crippen molar-refractivity contribution in [3.05, 3.63) is 0 Å². The number of aliphatic carboxylic acids is 1. The van der Waals surface area contributed by atoms with Crippen LogP contribution < -0.4 is 0 Å². The molecule has 2 aliphatic rings. The van der Waals surface area contributed by atoms with Crippen molar-refractivity contribution in [2.75, 3.05) is 0 Å². The smallest absolute Gasteiger partial charge is 0.303 e. The van der Waals surface area contributed by atoms with Crippen LogP contribution in [-0.4, -0.2) is 11.1 Å². The minimum atomic E-state index is -0.598. The highest BCUT2D eigenvalue weighted by Gasteiger charge is 2.39. The normalized spacial score (nSPS) is 39.8. The second-order valence-corrected chi connectivity index (χ2v) is 4.29. The first-order valence-corrected chi connectivity index (χ1v) is 4.99. The molecule has 0 aromatic rings. The summed E-state index contributed by atoms with van der Waals surface area (Å²) in [5.74, 6) is 1.43. The Kier molecular flexibility index (Phi) is 2.07. The molecule has 1 N–H and O–H groups in total. The van der Waals surface area contributed by atoms with E-state index in [1.54, 1.807) is 0 Å². The topological polar surface area (TPSA) is 37.3 Å². The summed E-state index contributed by atoms with van der Waals surface area (Å²) in [6.07, 6.45) is 6.93. The Hall–Kier alpha value is -0.530. The Bertz CT molecular complexity index is 172. The van der Waals surface area contributed by atoms with Crippen LogP contribution in [0.2, 0.25) is 0 Å². The van der Waals surface area contributed by atoms with E-state index < -0.39 is 5.97 Å². The van der Waals surface area contributed by atoms with Gasteiger partial charge in [0.05, 0.1) is 0 Å². The number of carboxylic acid groups (broad SMARTS) is 1. The monoisotopic (exact) mass is 168 g/mol. The maximum absolute atomic E-state index is 10.6. The average Bonchev–Trinajstić information content (AvgIpc) is 2.30. The van der Waals surface area contributed by atoms with Crippen molar-refractivity contribution < 1.29 is 9.90 Å². The molecule has 0 aromatic heterocycles. The molecule has 2 bridgehead atoms. The fourth-order valence-electron chi connectivity index (χ4n) is 3.14. The van der Waals surface area contributed by atoms with E-state index in [1.165, 1.54) is 32.1 Å². The van der Waals surface area contributed by atoms with Gasteiger partial charge in [0.2, 0.25) is 0 Å². The van der Waals surface area contributed by atoms with Crippen molar-refractivity contribution in [1.29, 1.82) is 0 Å². The first-order valence-electron chi connectivity index (χ1n) is 4.99. The van der Waals surface area contributed by atoms with Crippen LogP contribution in [0.1, 0.15) is 38.5 Å². The van der Waals surface area contributed by atoms with Crippen molar-refractivity contribution in [3.8, 4) is 0 Å². The van der Waals surface area contributed by atoms with Gasteiger partial charge in [-0.15, -0.1) is 0 Å². The van der Waals surface area contributed by atoms with Gasteiger partial charge in [-0.2, -0.15) is 0 Å². The highest BCUT2D eigenvalue weighted by molar-refractivity contribution is 5.67. The number of fused-ring (bicyclic) bond motifs is 2. The molecule has 2 saturated carbocycles. The Labute approximate surface area is 73.0 Å². The minimum absolute atomic E-state index is 0.426. The number of hydrogen-bond acceptors (Lipinski definition) is 1. The minimum Gasteiger partial charge on any atom is -0.481 e. The van der Waals surface area contributed by atoms with Crippen LogP contribution in [-0.2, 0) is 4.79 Å². The highest BCUT2D eigenvalue weighted by atomic mass is 16.4. The molecule has 0 amide bonds. The van der Waals surface area contributed by atoms with Gasteiger partial charge in [0.1, 0.15) is 0 Å². The molecule has 0 aromatic carbocycles. The van der Waals surface area contributed by atoms with E-state index in [-0.39, 0.29) is 0 Å². The molecule has 2 nitrogen and oxygen atoms in total. The van der Waals surface area contributed by atoms with Crippen LogP contribution in [0.5, 0.6) is 0 Å². The molecule has 0 radical (unpaired) electrons. The third-order valence-corrected chi connectivity index (χ3v) is 3.68. The molecule has 2 atom stereocenters. The lowest BCUT2D eigenvalue weighted by molar-refractivity contribution is -0.139. The van der Waals surface area contributed by atoms with E-state index >= 15 is 0 Å². The molecule has 2 aliphatic carbocycles. The highest BCUT2D eigenvalue weighted by Crippen LogP contribution is 2.48. The third kappa shape index (κ3) is 1.35. The van der Waals surface area contributed by atoms with Crippen molar-refractivity contribution in [2.45, 2.75) is 38.5 Å². The van der Waals surface area contributed by atoms with Crippen LogP contribution in [0.4, 0.5) is 0 Å². The van der Waals surface area contributed by atoms with E-state index in [0.717, 1.165) is 11.8 Å². The maximum Gasteiger partial charge on any atom is 0.303 e. The first kappa shape index (κ1) is 8.09. The van der Waals surface area contributed by atoms with E-state index in [0.29, 0.717) is 12.3 Å². The average molecular weight is 168 g/mol. The summed E-state index contributed by atoms with van der Waals surface area (Å²) in [4.78, 5) is 10.6. The van der Waals surface area contributed by atoms with Gasteiger partial charge in [0.25, 0.3) is 0 Å². The van der Waals surface area contributed by atoms with Crippen LogP contribution in [0, 0.1) is 17.8 Å². The third-order valence-electron chi connectivity index (χ3n) is 3.68. The lowest BCUT2D eigenvalue weighted by Crippen LogP contribution is -2.22. The molecule has 0 aliphatic heterocycles. The largest absolute Gasteiger partial charge is 0.481 e. The lowest BCUT2D eigenvalue weighted by atomic mass is 9.77. The van der Waals surface area contributed by atoms with E-state index in [1.807, 2.05) is 0 Å². The fourth-order valence-corrected chi connectivity index (χ4v) is 3.14. The Balaban J connectivity index is 2.00. The van der Waals surface area contributed by atoms with Gasteiger partial charge in [-0.25, -0.2) is 0 Å². The van der Waals surface area contributed by atoms with Gasteiger partial charge in [-0.1, -0.05) is 19.3 Å². The van der Waals surface area contributed by atoms with E-state index in [4.69, 9.17) is 5.11 Å². The van der Waals surface area contributed by atoms with Gasteiger partial charge >= 0.3 is 5.97 Å².